The Bertz CT molecular complexity index is 207. The van der Waals surface area contributed by atoms with Crippen LogP contribution in [0.2, 0.25) is 0 Å². The summed E-state index contributed by atoms with van der Waals surface area (Å²) < 4.78 is 16.3. The molecule has 0 spiro atoms. The molecule has 1 N–H and O–H groups in total. The summed E-state index contributed by atoms with van der Waals surface area (Å²) in [7, 11) is 6.07. The summed E-state index contributed by atoms with van der Waals surface area (Å²) in [6, 6.07) is 0. The van der Waals surface area contributed by atoms with E-state index in [-0.39, 0.29) is 0 Å². The number of likely N-dealkylation sites (N-methyl/N-ethyl adjacent to an activating group) is 2. The molecule has 0 aromatic rings. The van der Waals surface area contributed by atoms with Crippen molar-refractivity contribution in [3.63, 3.8) is 0 Å². The van der Waals surface area contributed by atoms with Gasteiger partial charge in [-0.1, -0.05) is 6.92 Å². The molecule has 0 rings (SSSR count). The Morgan fingerprint density at radius 3 is 2.10 bits per heavy atom. The molecule has 0 saturated heterocycles. The molecule has 0 aliphatic carbocycles. The molecule has 0 aromatic heterocycles. The topological polar surface area (TPSA) is 46.2 Å². The van der Waals surface area contributed by atoms with E-state index in [4.69, 9.17) is 14.2 Å². The Morgan fingerprint density at radius 2 is 1.48 bits per heavy atom. The summed E-state index contributed by atoms with van der Waals surface area (Å²) in [6.45, 7) is 10.6. The average molecular weight is 305 g/mol. The van der Waals surface area contributed by atoms with Crippen LogP contribution in [-0.4, -0.2) is 96.9 Å². The van der Waals surface area contributed by atoms with Gasteiger partial charge in [-0.2, -0.15) is 0 Å². The normalized spacial score (nSPS) is 11.7. The van der Waals surface area contributed by atoms with Gasteiger partial charge in [0, 0.05) is 32.8 Å². The first-order chi connectivity index (χ1) is 10.2. The van der Waals surface area contributed by atoms with Gasteiger partial charge < -0.3 is 24.0 Å². The minimum absolute atomic E-state index is 0.578. The van der Waals surface area contributed by atoms with Gasteiger partial charge in [-0.05, 0) is 34.1 Å². The van der Waals surface area contributed by atoms with Crippen LogP contribution in [0.5, 0.6) is 0 Å². The Kier molecular flexibility index (Phi) is 16.0. The quantitative estimate of drug-likeness (QED) is 0.331. The summed E-state index contributed by atoms with van der Waals surface area (Å²) in [5.41, 5.74) is 0. The minimum atomic E-state index is 0.578. The maximum Gasteiger partial charge on any atom is 0.0963 e. The predicted molar refractivity (Wildman–Crippen MR) is 86.8 cm³/mol. The zero-order valence-corrected chi connectivity index (χ0v) is 14.4. The second-order valence-electron chi connectivity index (χ2n) is 5.22. The highest BCUT2D eigenvalue weighted by Crippen LogP contribution is 1.91. The largest absolute Gasteiger partial charge is 0.380 e. The van der Waals surface area contributed by atoms with Gasteiger partial charge in [0.25, 0.3) is 0 Å². The van der Waals surface area contributed by atoms with Crippen molar-refractivity contribution < 1.29 is 14.2 Å². The molecule has 0 aromatic carbocycles. The van der Waals surface area contributed by atoms with Crippen molar-refractivity contribution in [1.29, 1.82) is 0 Å². The number of ether oxygens (including phenoxy) is 3. The lowest BCUT2D eigenvalue weighted by atomic mass is 10.4. The van der Waals surface area contributed by atoms with Crippen LogP contribution in [0.15, 0.2) is 0 Å². The highest BCUT2D eigenvalue weighted by Gasteiger charge is 2.02. The molecule has 0 unspecified atom stereocenters. The Morgan fingerprint density at radius 1 is 0.810 bits per heavy atom. The zero-order chi connectivity index (χ0) is 15.8. The molecule has 0 bridgehead atoms. The Labute approximate surface area is 130 Å². The van der Waals surface area contributed by atoms with E-state index in [9.17, 15) is 0 Å². The van der Waals surface area contributed by atoms with E-state index >= 15 is 0 Å². The van der Waals surface area contributed by atoms with Crippen LogP contribution < -0.4 is 5.32 Å². The molecular formula is C15H35N3O3. The maximum absolute atomic E-state index is 5.64. The van der Waals surface area contributed by atoms with Gasteiger partial charge in [0.15, 0.2) is 0 Å². The average Bonchev–Trinajstić information content (AvgIpc) is 2.47. The zero-order valence-electron chi connectivity index (χ0n) is 14.4. The molecule has 0 atom stereocenters. The van der Waals surface area contributed by atoms with Crippen LogP contribution in [0.25, 0.3) is 0 Å². The van der Waals surface area contributed by atoms with Gasteiger partial charge in [0.2, 0.25) is 0 Å². The molecule has 0 amide bonds. The fourth-order valence-electron chi connectivity index (χ4n) is 1.72. The number of rotatable bonds is 16. The van der Waals surface area contributed by atoms with Gasteiger partial charge in [-0.25, -0.2) is 0 Å². The van der Waals surface area contributed by atoms with E-state index in [1.807, 2.05) is 7.05 Å². The van der Waals surface area contributed by atoms with Gasteiger partial charge in [-0.3, -0.25) is 5.32 Å². The van der Waals surface area contributed by atoms with E-state index in [1.54, 1.807) is 0 Å². The fraction of sp³-hybridized carbons (Fsp3) is 1.00. The summed E-state index contributed by atoms with van der Waals surface area (Å²) in [6.07, 6.45) is 0.940. The summed E-state index contributed by atoms with van der Waals surface area (Å²) >= 11 is 0. The van der Waals surface area contributed by atoms with Crippen LogP contribution >= 0.6 is 0 Å². The maximum atomic E-state index is 5.64. The molecule has 21 heavy (non-hydrogen) atoms. The molecule has 0 aliphatic heterocycles. The van der Waals surface area contributed by atoms with Crippen molar-refractivity contribution in [2.24, 2.45) is 0 Å². The lowest BCUT2D eigenvalue weighted by Gasteiger charge is -2.22. The smallest absolute Gasteiger partial charge is 0.0963 e. The first kappa shape index (κ1) is 20.8. The first-order valence-corrected chi connectivity index (χ1v) is 7.95. The van der Waals surface area contributed by atoms with Crippen molar-refractivity contribution in [3.05, 3.63) is 0 Å². The Balaban J connectivity index is 3.23. The monoisotopic (exact) mass is 305 g/mol. The number of hydrogen-bond acceptors (Lipinski definition) is 6. The summed E-state index contributed by atoms with van der Waals surface area (Å²) in [4.78, 5) is 4.62. The second-order valence-corrected chi connectivity index (χ2v) is 5.22. The van der Waals surface area contributed by atoms with Gasteiger partial charge in [0.05, 0.1) is 26.6 Å². The second kappa shape index (κ2) is 16.1. The van der Waals surface area contributed by atoms with E-state index in [2.05, 4.69) is 36.1 Å². The van der Waals surface area contributed by atoms with Crippen LogP contribution in [0.4, 0.5) is 0 Å². The van der Waals surface area contributed by atoms with Crippen LogP contribution in [0.1, 0.15) is 13.3 Å². The van der Waals surface area contributed by atoms with E-state index in [0.29, 0.717) is 19.9 Å². The third-order valence-corrected chi connectivity index (χ3v) is 3.06. The molecule has 6 heteroatoms. The molecule has 0 heterocycles. The third kappa shape index (κ3) is 16.0. The van der Waals surface area contributed by atoms with Gasteiger partial charge in [0.1, 0.15) is 0 Å². The van der Waals surface area contributed by atoms with Gasteiger partial charge in [-0.15, -0.1) is 0 Å². The molecule has 128 valence electrons. The third-order valence-electron chi connectivity index (χ3n) is 3.06. The first-order valence-electron chi connectivity index (χ1n) is 7.95. The van der Waals surface area contributed by atoms with Gasteiger partial charge >= 0.3 is 0 Å². The molecule has 6 nitrogen and oxygen atoms in total. The summed E-state index contributed by atoms with van der Waals surface area (Å²) in [5.74, 6) is 0. The molecular weight excluding hydrogens is 270 g/mol. The molecule has 0 fully saturated rings. The molecule has 0 saturated carbocycles. The standard InChI is InChI=1S/C15H35N3O3/c1-5-18(8-7-17(3)4)9-12-19-10-6-11-20-13-14-21-15-16-2/h16H,5-15H2,1-4H3. The molecule has 0 aliphatic rings. The van der Waals surface area contributed by atoms with Crippen molar-refractivity contribution in [2.75, 3.05) is 87.1 Å². The summed E-state index contributed by atoms with van der Waals surface area (Å²) in [5, 5.41) is 2.92. The Hall–Kier alpha value is -0.240. The molecule has 0 radical (unpaired) electrons. The van der Waals surface area contributed by atoms with Crippen LogP contribution in [-0.2, 0) is 14.2 Å². The van der Waals surface area contributed by atoms with Crippen molar-refractivity contribution >= 4 is 0 Å². The lowest BCUT2D eigenvalue weighted by molar-refractivity contribution is 0.0297. The highest BCUT2D eigenvalue weighted by atomic mass is 16.5. The van der Waals surface area contributed by atoms with Crippen LogP contribution in [0, 0.1) is 0 Å². The highest BCUT2D eigenvalue weighted by molar-refractivity contribution is 4.56. The van der Waals surface area contributed by atoms with Crippen molar-refractivity contribution in [1.82, 2.24) is 15.1 Å². The number of hydrogen-bond donors (Lipinski definition) is 1. The minimum Gasteiger partial charge on any atom is -0.380 e. The lowest BCUT2D eigenvalue weighted by Crippen LogP contribution is -2.34. The van der Waals surface area contributed by atoms with E-state index in [0.717, 1.165) is 52.4 Å². The number of nitrogens with one attached hydrogen (secondary N) is 1. The van der Waals surface area contributed by atoms with Crippen molar-refractivity contribution in [3.8, 4) is 0 Å². The van der Waals surface area contributed by atoms with E-state index in [1.165, 1.54) is 0 Å². The SMILES string of the molecule is CCN(CCOCCCOCCOCNC)CCN(C)C. The number of nitrogens with zero attached hydrogens (tertiary/aromatic N) is 2. The predicted octanol–water partition coefficient (Wildman–Crippen LogP) is 0.487. The van der Waals surface area contributed by atoms with Crippen LogP contribution in [0.3, 0.4) is 0 Å². The van der Waals surface area contributed by atoms with E-state index < -0.39 is 0 Å². The van der Waals surface area contributed by atoms with Crippen molar-refractivity contribution in [2.45, 2.75) is 13.3 Å². The fourth-order valence-corrected chi connectivity index (χ4v) is 1.72.